The fourth-order valence-corrected chi connectivity index (χ4v) is 2.25. The first-order chi connectivity index (χ1) is 8.10. The summed E-state index contributed by atoms with van der Waals surface area (Å²) in [7, 11) is 0. The van der Waals surface area contributed by atoms with E-state index in [9.17, 15) is 9.18 Å². The molecule has 0 saturated carbocycles. The van der Waals surface area contributed by atoms with Crippen LogP contribution in [0.1, 0.15) is 22.3 Å². The molecule has 1 amide bonds. The Kier molecular flexibility index (Phi) is 5.11. The Hall–Kier alpha value is -1.13. The molecule has 0 spiro atoms. The first-order valence-electron chi connectivity index (χ1n) is 5.86. The third kappa shape index (κ3) is 3.21. The van der Waals surface area contributed by atoms with Gasteiger partial charge in [0.15, 0.2) is 0 Å². The average Bonchev–Trinajstić information content (AvgIpc) is 2.75. The predicted molar refractivity (Wildman–Crippen MR) is 71.4 cm³/mol. The Morgan fingerprint density at radius 1 is 1.50 bits per heavy atom. The van der Waals surface area contributed by atoms with Crippen molar-refractivity contribution in [3.8, 4) is 0 Å². The topological polar surface area (TPSA) is 46.3 Å². The number of nitrogens with zero attached hydrogens (tertiary/aromatic N) is 1. The fourth-order valence-electron chi connectivity index (χ4n) is 2.25. The molecule has 1 aliphatic rings. The molecule has 2 N–H and O–H groups in total. The van der Waals surface area contributed by atoms with Crippen molar-refractivity contribution in [2.75, 3.05) is 19.6 Å². The summed E-state index contributed by atoms with van der Waals surface area (Å²) < 4.78 is 13.2. The highest BCUT2D eigenvalue weighted by Crippen LogP contribution is 2.18. The number of amides is 1. The summed E-state index contributed by atoms with van der Waals surface area (Å²) in [6.07, 6.45) is 0.941. The van der Waals surface area contributed by atoms with Crippen LogP contribution in [0, 0.1) is 18.7 Å². The average molecular weight is 273 g/mol. The van der Waals surface area contributed by atoms with Gasteiger partial charge in [0.1, 0.15) is 5.82 Å². The van der Waals surface area contributed by atoms with Crippen molar-refractivity contribution in [3.05, 3.63) is 35.1 Å². The number of carbonyl (C=O) groups excluding carboxylic acids is 1. The van der Waals surface area contributed by atoms with E-state index >= 15 is 0 Å². The molecule has 1 unspecified atom stereocenters. The Morgan fingerprint density at radius 2 is 2.22 bits per heavy atom. The normalized spacial score (nSPS) is 18.6. The molecule has 1 heterocycles. The van der Waals surface area contributed by atoms with Crippen molar-refractivity contribution in [3.63, 3.8) is 0 Å². The molecular weight excluding hydrogens is 255 g/mol. The van der Waals surface area contributed by atoms with Crippen LogP contribution in [0.3, 0.4) is 0 Å². The van der Waals surface area contributed by atoms with E-state index in [0.29, 0.717) is 24.6 Å². The SMILES string of the molecule is Cc1cc(F)cc(C(=O)N2CCC(CN)C2)c1.Cl. The van der Waals surface area contributed by atoms with Gasteiger partial charge >= 0.3 is 0 Å². The molecule has 2 rings (SSSR count). The number of benzene rings is 1. The van der Waals surface area contributed by atoms with Crippen molar-refractivity contribution >= 4 is 18.3 Å². The highest BCUT2D eigenvalue weighted by atomic mass is 35.5. The second-order valence-corrected chi connectivity index (χ2v) is 4.66. The zero-order valence-electron chi connectivity index (χ0n) is 10.4. The van der Waals surface area contributed by atoms with Crippen molar-refractivity contribution < 1.29 is 9.18 Å². The number of nitrogens with two attached hydrogens (primary N) is 1. The van der Waals surface area contributed by atoms with E-state index in [4.69, 9.17) is 5.73 Å². The summed E-state index contributed by atoms with van der Waals surface area (Å²) in [5.74, 6) is -0.0694. The quantitative estimate of drug-likeness (QED) is 0.895. The third-order valence-electron chi connectivity index (χ3n) is 3.20. The van der Waals surface area contributed by atoms with Crippen LogP contribution in [0.25, 0.3) is 0 Å². The van der Waals surface area contributed by atoms with Crippen LogP contribution < -0.4 is 5.73 Å². The summed E-state index contributed by atoms with van der Waals surface area (Å²) in [6, 6.07) is 4.44. The molecule has 1 fully saturated rings. The van der Waals surface area contributed by atoms with E-state index in [-0.39, 0.29) is 24.1 Å². The number of hydrogen-bond acceptors (Lipinski definition) is 2. The number of halogens is 2. The molecule has 18 heavy (non-hydrogen) atoms. The lowest BCUT2D eigenvalue weighted by atomic mass is 10.1. The Balaban J connectivity index is 0.00000162. The lowest BCUT2D eigenvalue weighted by molar-refractivity contribution is 0.0787. The van der Waals surface area contributed by atoms with E-state index in [1.807, 2.05) is 0 Å². The van der Waals surface area contributed by atoms with Crippen LogP contribution in [-0.4, -0.2) is 30.4 Å². The van der Waals surface area contributed by atoms with Crippen LogP contribution in [0.5, 0.6) is 0 Å². The van der Waals surface area contributed by atoms with Crippen molar-refractivity contribution in [2.45, 2.75) is 13.3 Å². The maximum absolute atomic E-state index is 13.2. The molecule has 1 atom stereocenters. The predicted octanol–water partition coefficient (Wildman–Crippen LogP) is 1.98. The minimum absolute atomic E-state index is 0. The fraction of sp³-hybridized carbons (Fsp3) is 0.462. The minimum atomic E-state index is -0.358. The van der Waals surface area contributed by atoms with Gasteiger partial charge in [0, 0.05) is 18.7 Å². The second-order valence-electron chi connectivity index (χ2n) is 4.66. The van der Waals surface area contributed by atoms with Gasteiger partial charge < -0.3 is 10.6 Å². The van der Waals surface area contributed by atoms with Gasteiger partial charge in [0.25, 0.3) is 5.91 Å². The molecule has 1 aliphatic heterocycles. The number of aryl methyl sites for hydroxylation is 1. The number of hydrogen-bond donors (Lipinski definition) is 1. The number of rotatable bonds is 2. The van der Waals surface area contributed by atoms with Gasteiger partial charge in [-0.2, -0.15) is 0 Å². The molecule has 100 valence electrons. The van der Waals surface area contributed by atoms with Crippen molar-refractivity contribution in [2.24, 2.45) is 11.7 Å². The van der Waals surface area contributed by atoms with Crippen LogP contribution in [0.15, 0.2) is 18.2 Å². The third-order valence-corrected chi connectivity index (χ3v) is 3.20. The van der Waals surface area contributed by atoms with Gasteiger partial charge in [-0.15, -0.1) is 12.4 Å². The van der Waals surface area contributed by atoms with Gasteiger partial charge in [0.05, 0.1) is 0 Å². The molecule has 5 heteroatoms. The molecule has 1 saturated heterocycles. The molecule has 0 aliphatic carbocycles. The first-order valence-corrected chi connectivity index (χ1v) is 5.86. The second kappa shape index (κ2) is 6.16. The lowest BCUT2D eigenvalue weighted by Crippen LogP contribution is -2.30. The molecule has 0 bridgehead atoms. The molecule has 1 aromatic carbocycles. The van der Waals surface area contributed by atoms with Crippen molar-refractivity contribution in [1.82, 2.24) is 4.90 Å². The van der Waals surface area contributed by atoms with E-state index in [1.54, 1.807) is 17.9 Å². The highest BCUT2D eigenvalue weighted by Gasteiger charge is 2.26. The maximum Gasteiger partial charge on any atom is 0.253 e. The van der Waals surface area contributed by atoms with Crippen LogP contribution in [-0.2, 0) is 0 Å². The summed E-state index contributed by atoms with van der Waals surface area (Å²) in [6.45, 7) is 3.79. The Bertz CT molecular complexity index is 419. The van der Waals surface area contributed by atoms with E-state index in [2.05, 4.69) is 0 Å². The van der Waals surface area contributed by atoms with E-state index < -0.39 is 0 Å². The Morgan fingerprint density at radius 3 is 2.78 bits per heavy atom. The van der Waals surface area contributed by atoms with Gasteiger partial charge in [-0.05, 0) is 49.6 Å². The summed E-state index contributed by atoms with van der Waals surface area (Å²) >= 11 is 0. The molecule has 3 nitrogen and oxygen atoms in total. The lowest BCUT2D eigenvalue weighted by Gasteiger charge is -2.16. The zero-order valence-corrected chi connectivity index (χ0v) is 11.2. The summed E-state index contributed by atoms with van der Waals surface area (Å²) in [4.78, 5) is 13.9. The molecule has 0 radical (unpaired) electrons. The van der Waals surface area contributed by atoms with E-state index in [1.165, 1.54) is 12.1 Å². The summed E-state index contributed by atoms with van der Waals surface area (Å²) in [5.41, 5.74) is 6.78. The smallest absolute Gasteiger partial charge is 0.253 e. The Labute approximate surface area is 113 Å². The standard InChI is InChI=1S/C13H17FN2O.ClH/c1-9-4-11(6-12(14)5-9)13(17)16-3-2-10(7-15)8-16;/h4-6,10H,2-3,7-8,15H2,1H3;1H. The van der Waals surface area contributed by atoms with Crippen LogP contribution >= 0.6 is 12.4 Å². The largest absolute Gasteiger partial charge is 0.338 e. The van der Waals surface area contributed by atoms with E-state index in [0.717, 1.165) is 18.5 Å². The van der Waals surface area contributed by atoms with Crippen LogP contribution in [0.2, 0.25) is 0 Å². The maximum atomic E-state index is 13.2. The zero-order chi connectivity index (χ0) is 12.4. The summed E-state index contributed by atoms with van der Waals surface area (Å²) in [5, 5.41) is 0. The van der Waals surface area contributed by atoms with Gasteiger partial charge in [-0.1, -0.05) is 0 Å². The van der Waals surface area contributed by atoms with Crippen LogP contribution in [0.4, 0.5) is 4.39 Å². The van der Waals surface area contributed by atoms with Crippen molar-refractivity contribution in [1.29, 1.82) is 0 Å². The highest BCUT2D eigenvalue weighted by molar-refractivity contribution is 5.94. The molecule has 1 aromatic rings. The minimum Gasteiger partial charge on any atom is -0.338 e. The first kappa shape index (κ1) is 14.9. The molecule has 0 aromatic heterocycles. The molecular formula is C13H18ClFN2O. The van der Waals surface area contributed by atoms with Gasteiger partial charge in [0.2, 0.25) is 0 Å². The van der Waals surface area contributed by atoms with Gasteiger partial charge in [-0.25, -0.2) is 4.39 Å². The number of likely N-dealkylation sites (tertiary alicyclic amines) is 1. The monoisotopic (exact) mass is 272 g/mol. The van der Waals surface area contributed by atoms with Gasteiger partial charge in [-0.3, -0.25) is 4.79 Å². The number of carbonyl (C=O) groups is 1.